The molecule has 0 bridgehead atoms. The quantitative estimate of drug-likeness (QED) is 0.615. The molecule has 0 radical (unpaired) electrons. The maximum atomic E-state index is 13.0. The van der Waals surface area contributed by atoms with Gasteiger partial charge >= 0.3 is 0 Å². The van der Waals surface area contributed by atoms with Crippen molar-refractivity contribution in [3.8, 4) is 11.5 Å². The van der Waals surface area contributed by atoms with Gasteiger partial charge in [0.05, 0.1) is 44.9 Å². The molecule has 30 heavy (non-hydrogen) atoms. The van der Waals surface area contributed by atoms with Gasteiger partial charge in [-0.15, -0.1) is 0 Å². The van der Waals surface area contributed by atoms with Gasteiger partial charge < -0.3 is 19.5 Å². The van der Waals surface area contributed by atoms with Crippen molar-refractivity contribution in [2.24, 2.45) is 0 Å². The summed E-state index contributed by atoms with van der Waals surface area (Å²) >= 11 is 0. The van der Waals surface area contributed by atoms with Crippen molar-refractivity contribution in [3.05, 3.63) is 53.6 Å². The molecule has 0 aliphatic heterocycles. The zero-order valence-corrected chi connectivity index (χ0v) is 18.7. The summed E-state index contributed by atoms with van der Waals surface area (Å²) in [6, 6.07) is 11.8. The molecule has 9 heteroatoms. The molecule has 2 rings (SSSR count). The fraction of sp³-hybridized carbons (Fsp3) is 0.381. The van der Waals surface area contributed by atoms with Crippen LogP contribution in [0.25, 0.3) is 0 Å². The van der Waals surface area contributed by atoms with E-state index in [1.54, 1.807) is 6.92 Å². The van der Waals surface area contributed by atoms with Crippen molar-refractivity contribution in [2.45, 2.75) is 19.5 Å². The lowest BCUT2D eigenvalue weighted by molar-refractivity contribution is 0.0906. The number of rotatable bonds is 10. The molecular weight excluding hydrogens is 408 g/mol. The van der Waals surface area contributed by atoms with Crippen LogP contribution in [0.1, 0.15) is 22.8 Å². The van der Waals surface area contributed by atoms with E-state index in [2.05, 4.69) is 5.32 Å². The van der Waals surface area contributed by atoms with Crippen LogP contribution in [0, 0.1) is 0 Å². The molecule has 2 aromatic rings. The molecule has 0 saturated carbocycles. The van der Waals surface area contributed by atoms with E-state index in [4.69, 9.17) is 14.2 Å². The van der Waals surface area contributed by atoms with Gasteiger partial charge in [-0.05, 0) is 18.6 Å². The van der Waals surface area contributed by atoms with Gasteiger partial charge in [0.25, 0.3) is 5.91 Å². The summed E-state index contributed by atoms with van der Waals surface area (Å²) in [5, 5.41) is 2.81. The van der Waals surface area contributed by atoms with Gasteiger partial charge in [0.15, 0.2) is 11.5 Å². The molecular formula is C21H28N2O6S. The van der Waals surface area contributed by atoms with Crippen LogP contribution in [0.2, 0.25) is 0 Å². The number of anilines is 1. The Bertz CT molecular complexity index is 963. The minimum Gasteiger partial charge on any atom is -0.493 e. The molecule has 1 N–H and O–H groups in total. The number of nitrogens with zero attached hydrogens (tertiary/aromatic N) is 1. The van der Waals surface area contributed by atoms with Gasteiger partial charge in [0.1, 0.15) is 0 Å². The second-order valence-corrected chi connectivity index (χ2v) is 8.72. The van der Waals surface area contributed by atoms with Gasteiger partial charge in [-0.2, -0.15) is 0 Å². The highest BCUT2D eigenvalue weighted by Crippen LogP contribution is 2.37. The molecule has 0 saturated heterocycles. The first kappa shape index (κ1) is 23.5. The summed E-state index contributed by atoms with van der Waals surface area (Å²) in [6.07, 6.45) is 1.10. The van der Waals surface area contributed by atoms with E-state index in [1.165, 1.54) is 37.8 Å². The minimum absolute atomic E-state index is 0.0586. The lowest BCUT2D eigenvalue weighted by atomic mass is 10.1. The molecule has 1 amide bonds. The number of hydrogen-bond acceptors (Lipinski definition) is 6. The Hall–Kier alpha value is -2.78. The van der Waals surface area contributed by atoms with Gasteiger partial charge in [-0.25, -0.2) is 8.42 Å². The van der Waals surface area contributed by atoms with Crippen molar-refractivity contribution >= 4 is 21.6 Å². The molecule has 0 aromatic heterocycles. The van der Waals surface area contributed by atoms with Crippen molar-refractivity contribution < 1.29 is 27.4 Å². The number of sulfonamides is 1. The molecule has 0 fully saturated rings. The number of amides is 1. The molecule has 2 aromatic carbocycles. The van der Waals surface area contributed by atoms with Gasteiger partial charge in [-0.1, -0.05) is 30.3 Å². The second-order valence-electron chi connectivity index (χ2n) is 6.81. The second kappa shape index (κ2) is 10.3. The predicted molar refractivity (Wildman–Crippen MR) is 116 cm³/mol. The Morgan fingerprint density at radius 2 is 1.67 bits per heavy atom. The van der Waals surface area contributed by atoms with E-state index in [-0.39, 0.29) is 23.8 Å². The van der Waals surface area contributed by atoms with Crippen molar-refractivity contribution in [1.82, 2.24) is 5.32 Å². The van der Waals surface area contributed by atoms with E-state index in [1.807, 2.05) is 30.3 Å². The monoisotopic (exact) mass is 436 g/mol. The van der Waals surface area contributed by atoms with Crippen molar-refractivity contribution in [1.29, 1.82) is 0 Å². The zero-order chi connectivity index (χ0) is 22.3. The standard InChI is InChI=1S/C21H28N2O6S/c1-15(14-27-2)22-21(24)17-11-19(28-3)20(29-4)12-18(17)23(30(5,25)26)13-16-9-7-6-8-10-16/h6-12,15H,13-14H2,1-5H3,(H,22,24)/t15-/m1/s1. The lowest BCUT2D eigenvalue weighted by Crippen LogP contribution is -2.37. The Morgan fingerprint density at radius 1 is 1.07 bits per heavy atom. The third kappa shape index (κ3) is 5.87. The number of hydrogen-bond donors (Lipinski definition) is 1. The molecule has 0 aliphatic rings. The Morgan fingerprint density at radius 3 is 2.20 bits per heavy atom. The van der Waals surface area contributed by atoms with Gasteiger partial charge in [0.2, 0.25) is 10.0 Å². The maximum absolute atomic E-state index is 13.0. The molecule has 0 heterocycles. The number of carbonyl (C=O) groups is 1. The first-order chi connectivity index (χ1) is 14.2. The molecule has 8 nitrogen and oxygen atoms in total. The Labute approximate surface area is 177 Å². The fourth-order valence-corrected chi connectivity index (χ4v) is 3.87. The van der Waals surface area contributed by atoms with Crippen LogP contribution in [0.5, 0.6) is 11.5 Å². The van der Waals surface area contributed by atoms with E-state index in [0.717, 1.165) is 11.8 Å². The van der Waals surface area contributed by atoms with Crippen molar-refractivity contribution in [3.63, 3.8) is 0 Å². The molecule has 0 aliphatic carbocycles. The lowest BCUT2D eigenvalue weighted by Gasteiger charge is -2.26. The normalized spacial score (nSPS) is 12.2. The van der Waals surface area contributed by atoms with Crippen LogP contribution in [0.15, 0.2) is 42.5 Å². The molecule has 0 spiro atoms. The van der Waals surface area contributed by atoms with E-state index in [0.29, 0.717) is 18.1 Å². The highest BCUT2D eigenvalue weighted by molar-refractivity contribution is 7.92. The molecule has 0 unspecified atom stereocenters. The third-order valence-corrected chi connectivity index (χ3v) is 5.51. The van der Waals surface area contributed by atoms with E-state index in [9.17, 15) is 13.2 Å². The number of carbonyl (C=O) groups excluding carboxylic acids is 1. The fourth-order valence-electron chi connectivity index (χ4n) is 2.98. The van der Waals surface area contributed by atoms with Crippen molar-refractivity contribution in [2.75, 3.05) is 38.5 Å². The van der Waals surface area contributed by atoms with E-state index >= 15 is 0 Å². The smallest absolute Gasteiger partial charge is 0.253 e. The Balaban J connectivity index is 2.61. The third-order valence-electron chi connectivity index (χ3n) is 4.38. The summed E-state index contributed by atoms with van der Waals surface area (Å²) in [5.41, 5.74) is 1.12. The van der Waals surface area contributed by atoms with Crippen LogP contribution in [-0.4, -0.2) is 54.6 Å². The highest BCUT2D eigenvalue weighted by Gasteiger charge is 2.27. The predicted octanol–water partition coefficient (Wildman–Crippen LogP) is 2.43. The maximum Gasteiger partial charge on any atom is 0.253 e. The number of methoxy groups -OCH3 is 3. The van der Waals surface area contributed by atoms with Crippen LogP contribution < -0.4 is 19.1 Å². The van der Waals surface area contributed by atoms with Gasteiger partial charge in [-0.3, -0.25) is 9.10 Å². The average molecular weight is 437 g/mol. The first-order valence-corrected chi connectivity index (χ1v) is 11.1. The summed E-state index contributed by atoms with van der Waals surface area (Å²) < 4.78 is 42.3. The van der Waals surface area contributed by atoms with Crippen LogP contribution in [0.3, 0.4) is 0 Å². The summed E-state index contributed by atoms with van der Waals surface area (Å²) in [6.45, 7) is 2.16. The molecule has 164 valence electrons. The minimum atomic E-state index is -3.72. The topological polar surface area (TPSA) is 94.2 Å². The highest BCUT2D eigenvalue weighted by atomic mass is 32.2. The zero-order valence-electron chi connectivity index (χ0n) is 17.8. The number of ether oxygens (including phenoxy) is 3. The van der Waals surface area contributed by atoms with E-state index < -0.39 is 15.9 Å². The summed E-state index contributed by atoms with van der Waals surface area (Å²) in [7, 11) is 0.712. The SMILES string of the molecule is COC[C@@H](C)NC(=O)c1cc(OC)c(OC)cc1N(Cc1ccccc1)S(C)(=O)=O. The summed E-state index contributed by atoms with van der Waals surface area (Å²) in [5.74, 6) is 0.187. The summed E-state index contributed by atoms with van der Waals surface area (Å²) in [4.78, 5) is 13.0. The van der Waals surface area contributed by atoms with Crippen LogP contribution in [-0.2, 0) is 21.3 Å². The van der Waals surface area contributed by atoms with Crippen LogP contribution >= 0.6 is 0 Å². The average Bonchev–Trinajstić information content (AvgIpc) is 2.71. The van der Waals surface area contributed by atoms with Crippen LogP contribution in [0.4, 0.5) is 5.69 Å². The number of nitrogens with one attached hydrogen (secondary N) is 1. The molecule has 1 atom stereocenters. The first-order valence-electron chi connectivity index (χ1n) is 9.28. The Kier molecular flexibility index (Phi) is 8.08. The van der Waals surface area contributed by atoms with Gasteiger partial charge in [0, 0.05) is 19.2 Å². The number of benzene rings is 2. The largest absolute Gasteiger partial charge is 0.493 e.